The summed E-state index contributed by atoms with van der Waals surface area (Å²) in [6.45, 7) is 5.75. The van der Waals surface area contributed by atoms with Crippen LogP contribution >= 0.6 is 22.9 Å². The van der Waals surface area contributed by atoms with Crippen LogP contribution < -0.4 is 4.90 Å². The van der Waals surface area contributed by atoms with Gasteiger partial charge in [0.2, 0.25) is 0 Å². The summed E-state index contributed by atoms with van der Waals surface area (Å²) in [4.78, 5) is 7.35. The molecule has 108 valence electrons. The number of halogens is 1. The molecule has 2 rings (SSSR count). The van der Waals surface area contributed by atoms with Gasteiger partial charge in [-0.1, -0.05) is 26.7 Å². The van der Waals surface area contributed by atoms with Crippen LogP contribution in [-0.2, 0) is 6.42 Å². The van der Waals surface area contributed by atoms with Gasteiger partial charge in [-0.15, -0.1) is 22.9 Å². The summed E-state index contributed by atoms with van der Waals surface area (Å²) in [5.74, 6) is 1.42. The third kappa shape index (κ3) is 4.35. The van der Waals surface area contributed by atoms with Gasteiger partial charge < -0.3 is 4.90 Å². The second kappa shape index (κ2) is 7.49. The Bertz CT molecular complexity index is 372. The SMILES string of the molecule is CC(C)CCN(c1nc(CCCl)cs1)C1CCCC1. The Kier molecular flexibility index (Phi) is 5.96. The van der Waals surface area contributed by atoms with Gasteiger partial charge in [-0.2, -0.15) is 0 Å². The lowest BCUT2D eigenvalue weighted by molar-refractivity contribution is 0.527. The fourth-order valence-electron chi connectivity index (χ4n) is 2.69. The smallest absolute Gasteiger partial charge is 0.185 e. The molecule has 0 spiro atoms. The summed E-state index contributed by atoms with van der Waals surface area (Å²) < 4.78 is 0. The van der Waals surface area contributed by atoms with Crippen molar-refractivity contribution in [2.24, 2.45) is 5.92 Å². The van der Waals surface area contributed by atoms with Crippen LogP contribution in [0.4, 0.5) is 5.13 Å². The molecule has 1 aliphatic rings. The van der Waals surface area contributed by atoms with Crippen molar-refractivity contribution in [3.8, 4) is 0 Å². The lowest BCUT2D eigenvalue weighted by Crippen LogP contribution is -2.34. The summed E-state index contributed by atoms with van der Waals surface area (Å²) in [6.07, 6.45) is 7.57. The first-order valence-electron chi connectivity index (χ1n) is 7.47. The van der Waals surface area contributed by atoms with Crippen molar-refractivity contribution in [1.29, 1.82) is 0 Å². The van der Waals surface area contributed by atoms with E-state index in [0.29, 0.717) is 11.9 Å². The first-order chi connectivity index (χ1) is 9.20. The zero-order chi connectivity index (χ0) is 13.7. The molecule has 0 bridgehead atoms. The number of anilines is 1. The maximum absolute atomic E-state index is 5.81. The predicted molar refractivity (Wildman–Crippen MR) is 85.6 cm³/mol. The van der Waals surface area contributed by atoms with Gasteiger partial charge >= 0.3 is 0 Å². The molecule has 2 nitrogen and oxygen atoms in total. The minimum absolute atomic E-state index is 0.665. The molecule has 1 heterocycles. The first-order valence-corrected chi connectivity index (χ1v) is 8.89. The topological polar surface area (TPSA) is 16.1 Å². The van der Waals surface area contributed by atoms with Crippen LogP contribution in [0.5, 0.6) is 0 Å². The van der Waals surface area contributed by atoms with Gasteiger partial charge in [0, 0.05) is 30.3 Å². The van der Waals surface area contributed by atoms with Crippen molar-refractivity contribution >= 4 is 28.1 Å². The molecule has 1 fully saturated rings. The molecule has 0 saturated heterocycles. The quantitative estimate of drug-likeness (QED) is 0.677. The highest BCUT2D eigenvalue weighted by atomic mass is 35.5. The Balaban J connectivity index is 2.05. The number of alkyl halides is 1. The number of aromatic nitrogens is 1. The van der Waals surface area contributed by atoms with E-state index in [0.717, 1.165) is 24.6 Å². The third-order valence-electron chi connectivity index (χ3n) is 3.85. The summed E-state index contributed by atoms with van der Waals surface area (Å²) in [6, 6.07) is 0.716. The summed E-state index contributed by atoms with van der Waals surface area (Å²) >= 11 is 7.60. The fourth-order valence-corrected chi connectivity index (χ4v) is 3.84. The minimum atomic E-state index is 0.665. The molecular weight excluding hydrogens is 276 g/mol. The summed E-state index contributed by atoms with van der Waals surface area (Å²) in [5, 5.41) is 3.39. The number of nitrogens with zero attached hydrogens (tertiary/aromatic N) is 2. The largest absolute Gasteiger partial charge is 0.345 e. The Labute approximate surface area is 126 Å². The lowest BCUT2D eigenvalue weighted by Gasteiger charge is -2.29. The Morgan fingerprint density at radius 2 is 2.16 bits per heavy atom. The van der Waals surface area contributed by atoms with Gasteiger partial charge in [-0.25, -0.2) is 4.98 Å². The normalized spacial score (nSPS) is 16.4. The Hall–Kier alpha value is -0.280. The van der Waals surface area contributed by atoms with E-state index in [-0.39, 0.29) is 0 Å². The molecular formula is C15H25ClN2S. The van der Waals surface area contributed by atoms with Gasteiger partial charge in [0.05, 0.1) is 5.69 Å². The van der Waals surface area contributed by atoms with Crippen molar-refractivity contribution in [3.05, 3.63) is 11.1 Å². The highest BCUT2D eigenvalue weighted by Gasteiger charge is 2.24. The highest BCUT2D eigenvalue weighted by molar-refractivity contribution is 7.13. The van der Waals surface area contributed by atoms with Crippen LogP contribution in [0, 0.1) is 5.92 Å². The Morgan fingerprint density at radius 1 is 1.42 bits per heavy atom. The number of hydrogen-bond donors (Lipinski definition) is 0. The third-order valence-corrected chi connectivity index (χ3v) is 4.96. The summed E-state index contributed by atoms with van der Waals surface area (Å²) in [7, 11) is 0. The van der Waals surface area contributed by atoms with E-state index in [9.17, 15) is 0 Å². The summed E-state index contributed by atoms with van der Waals surface area (Å²) in [5.41, 5.74) is 1.16. The van der Waals surface area contributed by atoms with E-state index in [1.807, 2.05) is 0 Å². The maximum Gasteiger partial charge on any atom is 0.185 e. The zero-order valence-electron chi connectivity index (χ0n) is 12.1. The van der Waals surface area contributed by atoms with Crippen LogP contribution in [0.2, 0.25) is 0 Å². The fraction of sp³-hybridized carbons (Fsp3) is 0.800. The van der Waals surface area contributed by atoms with Gasteiger partial charge in [0.1, 0.15) is 0 Å². The average Bonchev–Trinajstić information content (AvgIpc) is 3.01. The molecule has 0 aromatic carbocycles. The number of hydrogen-bond acceptors (Lipinski definition) is 3. The number of aryl methyl sites for hydroxylation is 1. The number of thiazole rings is 1. The van der Waals surface area contributed by atoms with E-state index < -0.39 is 0 Å². The second-order valence-corrected chi connectivity index (χ2v) is 7.09. The van der Waals surface area contributed by atoms with Crippen molar-refractivity contribution in [1.82, 2.24) is 4.98 Å². The molecule has 0 N–H and O–H groups in total. The van der Waals surface area contributed by atoms with Crippen LogP contribution in [0.15, 0.2) is 5.38 Å². The van der Waals surface area contributed by atoms with E-state index in [4.69, 9.17) is 16.6 Å². The molecule has 1 aliphatic carbocycles. The molecule has 4 heteroatoms. The lowest BCUT2D eigenvalue weighted by atomic mass is 10.1. The van der Waals surface area contributed by atoms with Gasteiger partial charge in [0.15, 0.2) is 5.13 Å². The minimum Gasteiger partial charge on any atom is -0.345 e. The van der Waals surface area contributed by atoms with Gasteiger partial charge in [0.25, 0.3) is 0 Å². The molecule has 0 unspecified atom stereocenters. The maximum atomic E-state index is 5.81. The van der Waals surface area contributed by atoms with Crippen molar-refractivity contribution < 1.29 is 0 Å². The van der Waals surface area contributed by atoms with Gasteiger partial charge in [-0.05, 0) is 25.2 Å². The van der Waals surface area contributed by atoms with Crippen molar-refractivity contribution in [2.75, 3.05) is 17.3 Å². The average molecular weight is 301 g/mol. The standard InChI is InChI=1S/C15H25ClN2S/c1-12(2)8-10-18(14-5-3-4-6-14)15-17-13(7-9-16)11-19-15/h11-12,14H,3-10H2,1-2H3. The molecule has 1 aromatic rings. The first kappa shape index (κ1) is 15.1. The monoisotopic (exact) mass is 300 g/mol. The van der Waals surface area contributed by atoms with E-state index in [2.05, 4.69) is 24.1 Å². The molecule has 19 heavy (non-hydrogen) atoms. The second-order valence-electron chi connectivity index (χ2n) is 5.87. The molecule has 0 atom stereocenters. The van der Waals surface area contributed by atoms with E-state index >= 15 is 0 Å². The molecule has 0 amide bonds. The van der Waals surface area contributed by atoms with Crippen molar-refractivity contribution in [2.45, 2.75) is 58.4 Å². The van der Waals surface area contributed by atoms with E-state index in [1.165, 1.54) is 37.2 Å². The van der Waals surface area contributed by atoms with Crippen LogP contribution in [0.25, 0.3) is 0 Å². The van der Waals surface area contributed by atoms with Gasteiger partial charge in [-0.3, -0.25) is 0 Å². The molecule has 1 saturated carbocycles. The highest BCUT2D eigenvalue weighted by Crippen LogP contribution is 2.31. The zero-order valence-corrected chi connectivity index (χ0v) is 13.6. The molecule has 0 radical (unpaired) electrons. The Morgan fingerprint density at radius 3 is 2.79 bits per heavy atom. The number of rotatable bonds is 7. The van der Waals surface area contributed by atoms with E-state index in [1.54, 1.807) is 11.3 Å². The predicted octanol–water partition coefficient (Wildman–Crippen LogP) is 4.72. The van der Waals surface area contributed by atoms with Crippen molar-refractivity contribution in [3.63, 3.8) is 0 Å². The van der Waals surface area contributed by atoms with Crippen LogP contribution in [-0.4, -0.2) is 23.5 Å². The van der Waals surface area contributed by atoms with Crippen LogP contribution in [0.1, 0.15) is 51.6 Å². The van der Waals surface area contributed by atoms with Crippen LogP contribution in [0.3, 0.4) is 0 Å². The molecule has 1 aromatic heterocycles. The molecule has 0 aliphatic heterocycles.